The molecule has 0 saturated carbocycles. The molecule has 0 aliphatic rings. The zero-order chi connectivity index (χ0) is 12.5. The van der Waals surface area contributed by atoms with E-state index in [1.54, 1.807) is 6.92 Å². The predicted molar refractivity (Wildman–Crippen MR) is 66.3 cm³/mol. The number of ether oxygens (including phenoxy) is 1. The topological polar surface area (TPSA) is 51.0 Å². The molecule has 17 heavy (non-hydrogen) atoms. The molecule has 0 fully saturated rings. The van der Waals surface area contributed by atoms with Gasteiger partial charge in [-0.15, -0.1) is 0 Å². The maximum Gasteiger partial charge on any atom is 0.305 e. The summed E-state index contributed by atoms with van der Waals surface area (Å²) >= 11 is 0. The number of rotatable bonds is 6. The van der Waals surface area contributed by atoms with Crippen LogP contribution in [-0.2, 0) is 9.53 Å². The SMILES string of the molecule is CCOC(=O)CCC(C)N=Nc1ccccc1. The molecule has 1 atom stereocenters. The van der Waals surface area contributed by atoms with E-state index in [4.69, 9.17) is 4.74 Å². The van der Waals surface area contributed by atoms with E-state index in [1.807, 2.05) is 37.3 Å². The van der Waals surface area contributed by atoms with Crippen molar-refractivity contribution < 1.29 is 9.53 Å². The molecule has 0 saturated heterocycles. The first kappa shape index (κ1) is 13.4. The second-order valence-corrected chi connectivity index (χ2v) is 3.74. The standard InChI is InChI=1S/C13H18N2O2/c1-3-17-13(16)10-9-11(2)14-15-12-7-5-4-6-8-12/h4-8,11H,3,9-10H2,1-2H3. The summed E-state index contributed by atoms with van der Waals surface area (Å²) in [5, 5.41) is 8.25. The van der Waals surface area contributed by atoms with Crippen LogP contribution in [0.15, 0.2) is 40.6 Å². The number of esters is 1. The number of nitrogens with zero attached hydrogens (tertiary/aromatic N) is 2. The summed E-state index contributed by atoms with van der Waals surface area (Å²) in [4.78, 5) is 11.1. The lowest BCUT2D eigenvalue weighted by Gasteiger charge is -2.04. The van der Waals surface area contributed by atoms with Crippen LogP contribution in [0.2, 0.25) is 0 Å². The van der Waals surface area contributed by atoms with Gasteiger partial charge in [-0.3, -0.25) is 4.79 Å². The second kappa shape index (κ2) is 7.54. The third kappa shape index (κ3) is 5.80. The van der Waals surface area contributed by atoms with Crippen LogP contribution in [0, 0.1) is 0 Å². The van der Waals surface area contributed by atoms with Gasteiger partial charge >= 0.3 is 5.97 Å². The van der Waals surface area contributed by atoms with E-state index in [1.165, 1.54) is 0 Å². The van der Waals surface area contributed by atoms with Crippen LogP contribution in [0.5, 0.6) is 0 Å². The Labute approximate surface area is 102 Å². The number of hydrogen-bond acceptors (Lipinski definition) is 4. The minimum absolute atomic E-state index is 0.0274. The van der Waals surface area contributed by atoms with Gasteiger partial charge in [-0.1, -0.05) is 18.2 Å². The minimum Gasteiger partial charge on any atom is -0.466 e. The molecule has 0 radical (unpaired) electrons. The molecule has 0 amide bonds. The second-order valence-electron chi connectivity index (χ2n) is 3.74. The Balaban J connectivity index is 2.32. The highest BCUT2D eigenvalue weighted by Gasteiger charge is 2.05. The molecule has 1 aromatic carbocycles. The average molecular weight is 234 g/mol. The summed E-state index contributed by atoms with van der Waals surface area (Å²) in [7, 11) is 0. The molecule has 92 valence electrons. The van der Waals surface area contributed by atoms with Crippen molar-refractivity contribution in [3.05, 3.63) is 30.3 Å². The number of hydrogen-bond donors (Lipinski definition) is 0. The smallest absolute Gasteiger partial charge is 0.305 e. The molecule has 0 N–H and O–H groups in total. The van der Waals surface area contributed by atoms with E-state index in [-0.39, 0.29) is 12.0 Å². The van der Waals surface area contributed by atoms with Gasteiger partial charge in [0.1, 0.15) is 0 Å². The number of benzene rings is 1. The maximum absolute atomic E-state index is 11.1. The Morgan fingerprint density at radius 1 is 1.35 bits per heavy atom. The summed E-state index contributed by atoms with van der Waals surface area (Å²) in [6, 6.07) is 9.57. The average Bonchev–Trinajstić information content (AvgIpc) is 2.35. The van der Waals surface area contributed by atoms with E-state index in [2.05, 4.69) is 10.2 Å². The molecular formula is C13H18N2O2. The van der Waals surface area contributed by atoms with Gasteiger partial charge in [0.15, 0.2) is 0 Å². The fourth-order valence-corrected chi connectivity index (χ4v) is 1.28. The lowest BCUT2D eigenvalue weighted by atomic mass is 10.2. The summed E-state index contributed by atoms with van der Waals surface area (Å²) < 4.78 is 4.84. The first-order chi connectivity index (χ1) is 8.22. The first-order valence-corrected chi connectivity index (χ1v) is 5.84. The molecule has 0 aliphatic carbocycles. The fourth-order valence-electron chi connectivity index (χ4n) is 1.28. The zero-order valence-electron chi connectivity index (χ0n) is 10.3. The van der Waals surface area contributed by atoms with Gasteiger partial charge < -0.3 is 4.74 Å². The van der Waals surface area contributed by atoms with Gasteiger partial charge in [-0.05, 0) is 32.4 Å². The van der Waals surface area contributed by atoms with Crippen LogP contribution in [-0.4, -0.2) is 18.6 Å². The van der Waals surface area contributed by atoms with Crippen LogP contribution in [0.4, 0.5) is 5.69 Å². The van der Waals surface area contributed by atoms with Crippen molar-refractivity contribution in [1.82, 2.24) is 0 Å². The Bertz CT molecular complexity index is 363. The van der Waals surface area contributed by atoms with Crippen molar-refractivity contribution in [2.75, 3.05) is 6.61 Å². The van der Waals surface area contributed by atoms with E-state index >= 15 is 0 Å². The lowest BCUT2D eigenvalue weighted by molar-refractivity contribution is -0.143. The monoisotopic (exact) mass is 234 g/mol. The van der Waals surface area contributed by atoms with E-state index < -0.39 is 0 Å². The minimum atomic E-state index is -0.172. The number of carbonyl (C=O) groups is 1. The Morgan fingerprint density at radius 2 is 2.06 bits per heavy atom. The van der Waals surface area contributed by atoms with E-state index in [0.717, 1.165) is 5.69 Å². The third-order valence-corrected chi connectivity index (χ3v) is 2.20. The van der Waals surface area contributed by atoms with Gasteiger partial charge in [0.05, 0.1) is 18.3 Å². The third-order valence-electron chi connectivity index (χ3n) is 2.20. The largest absolute Gasteiger partial charge is 0.466 e. The predicted octanol–water partition coefficient (Wildman–Crippen LogP) is 3.50. The molecule has 4 heteroatoms. The molecule has 0 bridgehead atoms. The summed E-state index contributed by atoms with van der Waals surface area (Å²) in [5.74, 6) is -0.172. The van der Waals surface area contributed by atoms with Crippen molar-refractivity contribution in [3.63, 3.8) is 0 Å². The Hall–Kier alpha value is -1.71. The lowest BCUT2D eigenvalue weighted by Crippen LogP contribution is -2.07. The zero-order valence-corrected chi connectivity index (χ0v) is 10.3. The highest BCUT2D eigenvalue weighted by atomic mass is 16.5. The summed E-state index contributed by atoms with van der Waals surface area (Å²) in [6.07, 6.45) is 1.05. The fraction of sp³-hybridized carbons (Fsp3) is 0.462. The molecule has 1 unspecified atom stereocenters. The summed E-state index contributed by atoms with van der Waals surface area (Å²) in [6.45, 7) is 4.17. The molecule has 0 aliphatic heterocycles. The van der Waals surface area contributed by atoms with Crippen LogP contribution in [0.3, 0.4) is 0 Å². The Kier molecular flexibility index (Phi) is 5.93. The molecule has 1 rings (SSSR count). The van der Waals surface area contributed by atoms with Crippen LogP contribution in [0.25, 0.3) is 0 Å². The normalized spacial score (nSPS) is 12.6. The number of carbonyl (C=O) groups excluding carboxylic acids is 1. The maximum atomic E-state index is 11.1. The molecule has 0 heterocycles. The molecule has 1 aromatic rings. The summed E-state index contributed by atoms with van der Waals surface area (Å²) in [5.41, 5.74) is 0.829. The van der Waals surface area contributed by atoms with Crippen molar-refractivity contribution >= 4 is 11.7 Å². The highest BCUT2D eigenvalue weighted by molar-refractivity contribution is 5.69. The molecule has 0 aromatic heterocycles. The quantitative estimate of drug-likeness (QED) is 0.558. The van der Waals surface area contributed by atoms with Crippen molar-refractivity contribution in [3.8, 4) is 0 Å². The highest BCUT2D eigenvalue weighted by Crippen LogP contribution is 2.12. The first-order valence-electron chi connectivity index (χ1n) is 5.84. The van der Waals surface area contributed by atoms with Gasteiger partial charge in [-0.2, -0.15) is 10.2 Å². The number of azo groups is 1. The van der Waals surface area contributed by atoms with Crippen molar-refractivity contribution in [2.24, 2.45) is 10.2 Å². The molecular weight excluding hydrogens is 216 g/mol. The van der Waals surface area contributed by atoms with Crippen molar-refractivity contribution in [1.29, 1.82) is 0 Å². The Morgan fingerprint density at radius 3 is 2.71 bits per heavy atom. The van der Waals surface area contributed by atoms with Crippen LogP contribution >= 0.6 is 0 Å². The van der Waals surface area contributed by atoms with Gasteiger partial charge in [0, 0.05) is 6.42 Å². The van der Waals surface area contributed by atoms with Crippen LogP contribution in [0.1, 0.15) is 26.7 Å². The molecule has 0 spiro atoms. The van der Waals surface area contributed by atoms with Gasteiger partial charge in [0.2, 0.25) is 0 Å². The van der Waals surface area contributed by atoms with E-state index in [9.17, 15) is 4.79 Å². The van der Waals surface area contributed by atoms with Gasteiger partial charge in [-0.25, -0.2) is 0 Å². The molecule has 4 nitrogen and oxygen atoms in total. The van der Waals surface area contributed by atoms with Crippen LogP contribution < -0.4 is 0 Å². The van der Waals surface area contributed by atoms with E-state index in [0.29, 0.717) is 19.4 Å². The van der Waals surface area contributed by atoms with Gasteiger partial charge in [0.25, 0.3) is 0 Å². The van der Waals surface area contributed by atoms with Crippen molar-refractivity contribution in [2.45, 2.75) is 32.7 Å².